The van der Waals surface area contributed by atoms with E-state index in [1.807, 2.05) is 19.1 Å². The molecule has 0 heterocycles. The van der Waals surface area contributed by atoms with Crippen LogP contribution in [-0.2, 0) is 4.79 Å². The molecule has 0 aromatic rings. The quantitative estimate of drug-likeness (QED) is 0.302. The van der Waals surface area contributed by atoms with Crippen LogP contribution in [0.15, 0.2) is 24.3 Å². The summed E-state index contributed by atoms with van der Waals surface area (Å²) in [5, 5.41) is 0. The van der Waals surface area contributed by atoms with Gasteiger partial charge < -0.3 is 0 Å². The van der Waals surface area contributed by atoms with Gasteiger partial charge in [-0.25, -0.2) is 0 Å². The van der Waals surface area contributed by atoms with Crippen LogP contribution in [-0.4, -0.2) is 3.79 Å². The van der Waals surface area contributed by atoms with Crippen LogP contribution < -0.4 is 0 Å². The van der Waals surface area contributed by atoms with E-state index < -0.39 is 0 Å². The normalized spacial score (nSPS) is 11.2. The van der Waals surface area contributed by atoms with Gasteiger partial charge in [0.05, 0.1) is 0 Å². The van der Waals surface area contributed by atoms with Gasteiger partial charge in [-0.2, -0.15) is 0 Å². The number of carbonyl (C=O) groups excluding carboxylic acids is 1. The smallest absolute Gasteiger partial charge is 0.215 e. The van der Waals surface area contributed by atoms with E-state index in [-0.39, 0.29) is 3.79 Å². The Morgan fingerprint density at radius 3 is 2.50 bits per heavy atom. The average Bonchev–Trinajstić information content (AvgIpc) is 1.66. The van der Waals surface area contributed by atoms with E-state index in [4.69, 9.17) is 0 Å². The summed E-state index contributed by atoms with van der Waals surface area (Å²) in [4.78, 5) is 10.2. The zero-order valence-corrected chi connectivity index (χ0v) is 6.75. The van der Waals surface area contributed by atoms with E-state index in [1.54, 1.807) is 28.7 Å². The monoisotopic (exact) mass is 222 g/mol. The maximum Gasteiger partial charge on any atom is 0.215 e. The first kappa shape index (κ1) is 7.88. The van der Waals surface area contributed by atoms with Crippen molar-refractivity contribution in [2.45, 2.75) is 6.92 Å². The van der Waals surface area contributed by atoms with Crippen molar-refractivity contribution in [2.75, 3.05) is 0 Å². The summed E-state index contributed by atoms with van der Waals surface area (Å²) in [6.45, 7) is 1.90. The van der Waals surface area contributed by atoms with Crippen LogP contribution in [0.5, 0.6) is 0 Å². The van der Waals surface area contributed by atoms with E-state index in [2.05, 4.69) is 0 Å². The fourth-order valence-corrected chi connectivity index (χ4v) is 0.450. The number of hydrogen-bond donors (Lipinski definition) is 0. The molecule has 1 nitrogen and oxygen atoms in total. The second-order valence-corrected chi connectivity index (χ2v) is 2.25. The molecular weight excluding hydrogens is 215 g/mol. The Morgan fingerprint density at radius 1 is 1.50 bits per heavy atom. The van der Waals surface area contributed by atoms with Crippen molar-refractivity contribution in [1.82, 2.24) is 0 Å². The first-order chi connectivity index (χ1) is 3.77. The molecule has 0 unspecified atom stereocenters. The molecule has 0 aliphatic heterocycles. The lowest BCUT2D eigenvalue weighted by molar-refractivity contribution is -0.105. The number of hydrogen-bond acceptors (Lipinski definition) is 1. The zero-order valence-electron chi connectivity index (χ0n) is 4.60. The molecule has 0 aliphatic carbocycles. The highest BCUT2D eigenvalue weighted by Crippen LogP contribution is 1.86. The molecule has 0 saturated heterocycles. The van der Waals surface area contributed by atoms with Crippen LogP contribution in [0.4, 0.5) is 0 Å². The Bertz CT molecular complexity index is 124. The molecule has 0 spiro atoms. The summed E-state index contributed by atoms with van der Waals surface area (Å²) >= 11 is 1.72. The van der Waals surface area contributed by atoms with Crippen molar-refractivity contribution in [2.24, 2.45) is 0 Å². The lowest BCUT2D eigenvalue weighted by Gasteiger charge is -1.70. The Morgan fingerprint density at radius 2 is 2.12 bits per heavy atom. The van der Waals surface area contributed by atoms with Crippen molar-refractivity contribution < 1.29 is 4.79 Å². The predicted octanol–water partition coefficient (Wildman–Crippen LogP) is 2.08. The molecule has 44 valence electrons. The fourth-order valence-electron chi connectivity index (χ4n) is 0.242. The molecule has 0 bridgehead atoms. The molecule has 0 atom stereocenters. The molecule has 0 fully saturated rings. The van der Waals surface area contributed by atoms with Crippen LogP contribution in [0.1, 0.15) is 6.92 Å². The number of allylic oxidation sites excluding steroid dienone is 4. The molecule has 0 aromatic heterocycles. The molecule has 8 heavy (non-hydrogen) atoms. The standard InChI is InChI=1S/C6H7IO/c1-2-3-4-5-6(7)8/h2-5H,1H3/b3-2+,5-4+. The second kappa shape index (κ2) is 5.03. The summed E-state index contributed by atoms with van der Waals surface area (Å²) in [5.74, 6) is 0. The number of rotatable bonds is 2. The minimum Gasteiger partial charge on any atom is -0.283 e. The Kier molecular flexibility index (Phi) is 4.95. The summed E-state index contributed by atoms with van der Waals surface area (Å²) in [6.07, 6.45) is 6.92. The van der Waals surface area contributed by atoms with E-state index in [0.717, 1.165) is 0 Å². The van der Waals surface area contributed by atoms with Crippen LogP contribution >= 0.6 is 22.6 Å². The third-order valence-corrected chi connectivity index (χ3v) is 0.890. The second-order valence-electron chi connectivity index (χ2n) is 1.19. The van der Waals surface area contributed by atoms with Gasteiger partial charge in [-0.1, -0.05) is 18.2 Å². The Balaban J connectivity index is 3.50. The highest BCUT2D eigenvalue weighted by Gasteiger charge is 1.77. The summed E-state index contributed by atoms with van der Waals surface area (Å²) in [5.41, 5.74) is 0. The van der Waals surface area contributed by atoms with Crippen LogP contribution in [0.25, 0.3) is 0 Å². The number of halogens is 1. The minimum atomic E-state index is 0.0562. The van der Waals surface area contributed by atoms with Gasteiger partial charge in [0.15, 0.2) is 0 Å². The van der Waals surface area contributed by atoms with Crippen LogP contribution in [0, 0.1) is 0 Å². The molecule has 0 radical (unpaired) electrons. The van der Waals surface area contributed by atoms with Gasteiger partial charge >= 0.3 is 0 Å². The first-order valence-corrected chi connectivity index (χ1v) is 3.34. The van der Waals surface area contributed by atoms with Gasteiger partial charge in [-0.05, 0) is 13.0 Å². The van der Waals surface area contributed by atoms with Crippen LogP contribution in [0.2, 0.25) is 0 Å². The Labute approximate surface area is 62.6 Å². The van der Waals surface area contributed by atoms with Gasteiger partial charge in [0.1, 0.15) is 0 Å². The number of carbonyl (C=O) groups is 1. The third kappa shape index (κ3) is 5.88. The first-order valence-electron chi connectivity index (χ1n) is 2.26. The topological polar surface area (TPSA) is 17.1 Å². The van der Waals surface area contributed by atoms with Crippen molar-refractivity contribution in [3.63, 3.8) is 0 Å². The summed E-state index contributed by atoms with van der Waals surface area (Å²) in [6, 6.07) is 0. The van der Waals surface area contributed by atoms with Crippen molar-refractivity contribution in [3.05, 3.63) is 24.3 Å². The molecule has 0 N–H and O–H groups in total. The van der Waals surface area contributed by atoms with E-state index in [0.29, 0.717) is 0 Å². The molecule has 2 heteroatoms. The summed E-state index contributed by atoms with van der Waals surface area (Å²) < 4.78 is 0.0562. The SMILES string of the molecule is C/C=C/C=C/C(=O)I. The molecule has 0 aliphatic rings. The maximum atomic E-state index is 10.2. The largest absolute Gasteiger partial charge is 0.283 e. The van der Waals surface area contributed by atoms with E-state index in [1.165, 1.54) is 6.08 Å². The minimum absolute atomic E-state index is 0.0562. The van der Waals surface area contributed by atoms with Crippen molar-refractivity contribution in [1.29, 1.82) is 0 Å². The Hall–Kier alpha value is -0.120. The molecule has 0 amide bonds. The third-order valence-electron chi connectivity index (χ3n) is 0.531. The van der Waals surface area contributed by atoms with Gasteiger partial charge in [0.2, 0.25) is 3.79 Å². The predicted molar refractivity (Wildman–Crippen MR) is 43.0 cm³/mol. The molecular formula is C6H7IO. The maximum absolute atomic E-state index is 10.2. The van der Waals surface area contributed by atoms with Gasteiger partial charge in [-0.3, -0.25) is 4.79 Å². The van der Waals surface area contributed by atoms with Gasteiger partial charge in [0.25, 0.3) is 0 Å². The zero-order chi connectivity index (χ0) is 6.41. The highest BCUT2D eigenvalue weighted by atomic mass is 127. The van der Waals surface area contributed by atoms with Crippen molar-refractivity contribution in [3.8, 4) is 0 Å². The molecule has 0 saturated carbocycles. The van der Waals surface area contributed by atoms with Crippen molar-refractivity contribution >= 4 is 26.4 Å². The average molecular weight is 222 g/mol. The molecule has 0 aromatic carbocycles. The van der Waals surface area contributed by atoms with Gasteiger partial charge in [-0.15, -0.1) is 0 Å². The molecule has 0 rings (SSSR count). The lowest BCUT2D eigenvalue weighted by atomic mass is 10.5. The van der Waals surface area contributed by atoms with E-state index >= 15 is 0 Å². The summed E-state index contributed by atoms with van der Waals surface area (Å²) in [7, 11) is 0. The van der Waals surface area contributed by atoms with Crippen LogP contribution in [0.3, 0.4) is 0 Å². The highest BCUT2D eigenvalue weighted by molar-refractivity contribution is 14.1. The van der Waals surface area contributed by atoms with Gasteiger partial charge in [0, 0.05) is 22.6 Å². The van der Waals surface area contributed by atoms with E-state index in [9.17, 15) is 4.79 Å². The fraction of sp³-hybridized carbons (Fsp3) is 0.167. The lowest BCUT2D eigenvalue weighted by Crippen LogP contribution is -1.69.